The average molecular weight is 699 g/mol. The number of rotatable bonds is 6. The Morgan fingerprint density at radius 1 is 1.00 bits per heavy atom. The van der Waals surface area contributed by atoms with Crippen LogP contribution in [-0.2, 0) is 21.4 Å². The van der Waals surface area contributed by atoms with Crippen molar-refractivity contribution in [3.8, 4) is 28.7 Å². The van der Waals surface area contributed by atoms with Crippen LogP contribution in [0.2, 0.25) is 0 Å². The Labute approximate surface area is 299 Å². The second-order valence-corrected chi connectivity index (χ2v) is 14.5. The second kappa shape index (κ2) is 11.8. The van der Waals surface area contributed by atoms with Gasteiger partial charge >= 0.3 is 0 Å². The lowest BCUT2D eigenvalue weighted by molar-refractivity contribution is -0.135. The summed E-state index contributed by atoms with van der Waals surface area (Å²) < 4.78 is 20.2. The number of aliphatic hydroxyl groups is 1. The van der Waals surface area contributed by atoms with Crippen LogP contribution in [0.3, 0.4) is 0 Å². The van der Waals surface area contributed by atoms with Crippen LogP contribution >= 0.6 is 0 Å². The first-order chi connectivity index (χ1) is 25.1. The number of aromatic nitrogens is 3. The third-order valence-electron chi connectivity index (χ3n) is 10.5. The second-order valence-electron chi connectivity index (χ2n) is 14.5. The number of fused-ring (bicyclic) bond motifs is 5. The number of ether oxygens (including phenoxy) is 1. The Morgan fingerprint density at radius 3 is 2.63 bits per heavy atom. The molecule has 52 heavy (non-hydrogen) atoms. The number of benzene rings is 3. The fourth-order valence-electron chi connectivity index (χ4n) is 7.79. The first kappa shape index (κ1) is 32.1. The summed E-state index contributed by atoms with van der Waals surface area (Å²) in [6.45, 7) is 7.42. The van der Waals surface area contributed by atoms with Gasteiger partial charge in [-0.3, -0.25) is 9.59 Å². The Bertz CT molecular complexity index is 2370. The maximum Gasteiger partial charge on any atom is 0.249 e. The molecule has 12 heteroatoms. The van der Waals surface area contributed by atoms with E-state index < -0.39 is 41.6 Å². The van der Waals surface area contributed by atoms with Crippen LogP contribution in [0.25, 0.3) is 33.8 Å². The molecule has 0 saturated carbocycles. The zero-order chi connectivity index (χ0) is 35.9. The fourth-order valence-corrected chi connectivity index (χ4v) is 7.79. The molecule has 4 bridgehead atoms. The van der Waals surface area contributed by atoms with Gasteiger partial charge in [0.2, 0.25) is 23.6 Å². The van der Waals surface area contributed by atoms with Crippen LogP contribution < -0.4 is 20.7 Å². The third kappa shape index (κ3) is 4.77. The summed E-state index contributed by atoms with van der Waals surface area (Å²) in [5, 5.41) is 21.1. The van der Waals surface area contributed by atoms with Gasteiger partial charge in [0.15, 0.2) is 23.4 Å². The standard InChI is InChI=1S/C40H38N6O6/c1-19(2)31-38-46-32(37-42-18-30(50-37)23-17-41-26-11-7-5-9-22(23)26)34(52-38)40-24-10-6-8-12-27(24)44-39(40)51-29-14-13-21(15-25(29)40)16-28(35(48)45-31)43-36(49)33(47)20(3)4/h5-15,17-20,28,31,33,39,41,44,47H,16H2,1-4H3,(H,43,49)(H,45,48)/t28-,31-,33-,39-,40?/m0/s1. The molecule has 6 heterocycles. The van der Waals surface area contributed by atoms with E-state index in [1.807, 2.05) is 80.7 Å². The first-order valence-electron chi connectivity index (χ1n) is 17.6. The molecule has 2 amide bonds. The molecule has 1 unspecified atom stereocenters. The van der Waals surface area contributed by atoms with E-state index in [4.69, 9.17) is 23.5 Å². The molecule has 3 aliphatic heterocycles. The van der Waals surface area contributed by atoms with Crippen molar-refractivity contribution in [3.63, 3.8) is 0 Å². The summed E-state index contributed by atoms with van der Waals surface area (Å²) in [4.78, 5) is 40.4. The number of amides is 2. The zero-order valence-electron chi connectivity index (χ0n) is 29.1. The van der Waals surface area contributed by atoms with Crippen molar-refractivity contribution in [2.75, 3.05) is 5.32 Å². The van der Waals surface area contributed by atoms with Gasteiger partial charge in [0.1, 0.15) is 29.4 Å². The molecule has 6 aromatic rings. The van der Waals surface area contributed by atoms with Crippen molar-refractivity contribution in [1.29, 1.82) is 0 Å². The van der Waals surface area contributed by atoms with Gasteiger partial charge in [0.25, 0.3) is 0 Å². The summed E-state index contributed by atoms with van der Waals surface area (Å²) in [5.74, 6) is 0.625. The van der Waals surface area contributed by atoms with Crippen LogP contribution in [0.1, 0.15) is 62.1 Å². The number of para-hydroxylation sites is 2. The Morgan fingerprint density at radius 2 is 1.81 bits per heavy atom. The van der Waals surface area contributed by atoms with E-state index in [2.05, 4.69) is 27.0 Å². The molecule has 0 aliphatic carbocycles. The molecule has 3 aromatic carbocycles. The van der Waals surface area contributed by atoms with E-state index in [-0.39, 0.29) is 30.0 Å². The number of hydrogen-bond donors (Lipinski definition) is 5. The summed E-state index contributed by atoms with van der Waals surface area (Å²) in [6, 6.07) is 20.1. The van der Waals surface area contributed by atoms with Gasteiger partial charge in [-0.25, -0.2) is 9.97 Å². The Kier molecular flexibility index (Phi) is 7.30. The predicted molar refractivity (Wildman–Crippen MR) is 192 cm³/mol. The highest BCUT2D eigenvalue weighted by Gasteiger charge is 2.61. The van der Waals surface area contributed by atoms with Crippen molar-refractivity contribution < 1.29 is 28.3 Å². The molecule has 3 aromatic heterocycles. The molecule has 264 valence electrons. The predicted octanol–water partition coefficient (Wildman–Crippen LogP) is 5.83. The van der Waals surface area contributed by atoms with Gasteiger partial charge in [0, 0.05) is 40.3 Å². The lowest BCUT2D eigenvalue weighted by atomic mass is 9.72. The topological polar surface area (TPSA) is 168 Å². The molecule has 1 spiro atoms. The molecule has 5 N–H and O–H groups in total. The number of nitrogens with one attached hydrogen (secondary N) is 4. The summed E-state index contributed by atoms with van der Waals surface area (Å²) in [6.07, 6.45) is 1.87. The van der Waals surface area contributed by atoms with Crippen molar-refractivity contribution in [2.45, 2.75) is 63.9 Å². The molecule has 0 radical (unpaired) electrons. The number of nitrogens with zero attached hydrogens (tertiary/aromatic N) is 2. The largest absolute Gasteiger partial charge is 0.469 e. The Hall–Kier alpha value is -5.88. The van der Waals surface area contributed by atoms with E-state index in [9.17, 15) is 14.7 Å². The van der Waals surface area contributed by atoms with E-state index in [1.165, 1.54) is 0 Å². The highest BCUT2D eigenvalue weighted by molar-refractivity contribution is 5.94. The van der Waals surface area contributed by atoms with Gasteiger partial charge in [-0.1, -0.05) is 76.2 Å². The van der Waals surface area contributed by atoms with Gasteiger partial charge < -0.3 is 39.6 Å². The lowest BCUT2D eigenvalue weighted by Crippen LogP contribution is -2.52. The SMILES string of the molecule is CC(C)[C@H](O)C(=O)N[C@H]1Cc2ccc3c(c2)C2(c4ccccc4N[C@H]2O3)c2oc(nc2-c2ncc(-c3c[nH]c4ccccc34)o2)[C@H](C(C)C)NC1=O. The highest BCUT2D eigenvalue weighted by atomic mass is 16.5. The highest BCUT2D eigenvalue weighted by Crippen LogP contribution is 2.59. The van der Waals surface area contributed by atoms with Crippen LogP contribution in [0.5, 0.6) is 5.75 Å². The number of aliphatic hydroxyl groups excluding tert-OH is 1. The van der Waals surface area contributed by atoms with Crippen molar-refractivity contribution in [3.05, 3.63) is 107 Å². The molecular weight excluding hydrogens is 660 g/mol. The minimum atomic E-state index is -1.28. The van der Waals surface area contributed by atoms with E-state index in [0.717, 1.165) is 38.8 Å². The smallest absolute Gasteiger partial charge is 0.249 e. The lowest BCUT2D eigenvalue weighted by Gasteiger charge is -2.29. The van der Waals surface area contributed by atoms with Gasteiger partial charge in [0.05, 0.1) is 6.20 Å². The Balaban J connectivity index is 1.26. The van der Waals surface area contributed by atoms with E-state index in [0.29, 0.717) is 23.0 Å². The number of aromatic amines is 1. The molecule has 12 nitrogen and oxygen atoms in total. The minimum absolute atomic E-state index is 0.170. The van der Waals surface area contributed by atoms with Crippen LogP contribution in [-0.4, -0.2) is 50.2 Å². The first-order valence-corrected chi connectivity index (χ1v) is 17.6. The number of oxazole rings is 2. The summed E-state index contributed by atoms with van der Waals surface area (Å²) in [5.41, 5.74) is 4.59. The summed E-state index contributed by atoms with van der Waals surface area (Å²) in [7, 11) is 0. The van der Waals surface area contributed by atoms with Gasteiger partial charge in [-0.15, -0.1) is 0 Å². The molecule has 0 saturated heterocycles. The number of H-pyrrole nitrogens is 1. The van der Waals surface area contributed by atoms with E-state index in [1.54, 1.807) is 20.0 Å². The normalized spacial score (nSPS) is 22.2. The molecule has 3 aliphatic rings. The van der Waals surface area contributed by atoms with Crippen LogP contribution in [0.4, 0.5) is 5.69 Å². The molecule has 5 atom stereocenters. The quantitative estimate of drug-likeness (QED) is 0.144. The van der Waals surface area contributed by atoms with Crippen molar-refractivity contribution >= 4 is 28.4 Å². The number of hydrogen-bond acceptors (Lipinski definition) is 9. The van der Waals surface area contributed by atoms with E-state index >= 15 is 0 Å². The van der Waals surface area contributed by atoms with Crippen molar-refractivity contribution in [2.24, 2.45) is 11.8 Å². The van der Waals surface area contributed by atoms with Crippen LogP contribution in [0, 0.1) is 11.8 Å². The average Bonchev–Trinajstić information content (AvgIpc) is 3.96. The fraction of sp³-hybridized carbons (Fsp3) is 0.300. The molecule has 0 fully saturated rings. The molecular formula is C40H38N6O6. The zero-order valence-corrected chi connectivity index (χ0v) is 29.1. The van der Waals surface area contributed by atoms with Crippen LogP contribution in [0.15, 0.2) is 88.0 Å². The molecule has 9 rings (SSSR count). The maximum absolute atomic E-state index is 14.1. The van der Waals surface area contributed by atoms with Gasteiger partial charge in [-0.05, 0) is 41.2 Å². The number of carbonyl (C=O) groups is 2. The third-order valence-corrected chi connectivity index (χ3v) is 10.5. The number of anilines is 1. The van der Waals surface area contributed by atoms with Crippen molar-refractivity contribution in [1.82, 2.24) is 25.6 Å². The minimum Gasteiger partial charge on any atom is -0.469 e. The van der Waals surface area contributed by atoms with Gasteiger partial charge in [-0.2, -0.15) is 0 Å². The number of carbonyl (C=O) groups excluding carboxylic acids is 2. The maximum atomic E-state index is 14.1. The summed E-state index contributed by atoms with van der Waals surface area (Å²) >= 11 is 0. The monoisotopic (exact) mass is 698 g/mol.